The van der Waals surface area contributed by atoms with E-state index in [-0.39, 0.29) is 5.91 Å². The molecule has 1 amide bonds. The maximum absolute atomic E-state index is 12.5. The van der Waals surface area contributed by atoms with Gasteiger partial charge in [-0.1, -0.05) is 0 Å². The Hall–Kier alpha value is -1.24. The Kier molecular flexibility index (Phi) is 7.38. The minimum Gasteiger partial charge on any atom is -0.494 e. The van der Waals surface area contributed by atoms with Crippen LogP contribution in [0.4, 0.5) is 5.69 Å². The Morgan fingerprint density at radius 1 is 1.10 bits per heavy atom. The molecule has 0 spiro atoms. The molecule has 5 nitrogen and oxygen atoms in total. The zero-order valence-corrected chi connectivity index (χ0v) is 18.5. The molecule has 160 valence electrons. The first-order chi connectivity index (χ1) is 14.2. The fourth-order valence-electron chi connectivity index (χ4n) is 4.84. The lowest BCUT2D eigenvalue weighted by Gasteiger charge is -2.32. The maximum Gasteiger partial charge on any atom is 0.227 e. The monoisotopic (exact) mass is 417 g/mol. The highest BCUT2D eigenvalue weighted by Crippen LogP contribution is 2.29. The van der Waals surface area contributed by atoms with Crippen LogP contribution in [0.15, 0.2) is 24.3 Å². The number of anilines is 1. The molecule has 0 bridgehead atoms. The molecule has 6 heteroatoms. The number of carbonyl (C=O) groups excluding carboxylic acids is 1. The zero-order valence-electron chi connectivity index (χ0n) is 17.7. The second kappa shape index (κ2) is 10.2. The van der Waals surface area contributed by atoms with Gasteiger partial charge in [-0.05, 0) is 63.4 Å². The van der Waals surface area contributed by atoms with Crippen LogP contribution in [0.3, 0.4) is 0 Å². The Bertz CT molecular complexity index is 663. The van der Waals surface area contributed by atoms with E-state index in [9.17, 15) is 4.79 Å². The van der Waals surface area contributed by atoms with E-state index in [4.69, 9.17) is 4.74 Å². The van der Waals surface area contributed by atoms with Gasteiger partial charge in [0.05, 0.1) is 12.6 Å². The quantitative estimate of drug-likeness (QED) is 0.605. The first-order valence-corrected chi connectivity index (χ1v) is 12.5. The van der Waals surface area contributed by atoms with Crippen LogP contribution < -0.4 is 9.64 Å². The van der Waals surface area contributed by atoms with E-state index >= 15 is 0 Å². The van der Waals surface area contributed by atoms with Crippen molar-refractivity contribution in [2.24, 2.45) is 0 Å². The summed E-state index contributed by atoms with van der Waals surface area (Å²) in [5.74, 6) is 3.58. The third kappa shape index (κ3) is 5.47. The van der Waals surface area contributed by atoms with Crippen LogP contribution in [0, 0.1) is 0 Å². The number of rotatable bonds is 8. The van der Waals surface area contributed by atoms with Gasteiger partial charge in [0.15, 0.2) is 0 Å². The summed E-state index contributed by atoms with van der Waals surface area (Å²) in [6.07, 6.45) is 5.36. The lowest BCUT2D eigenvalue weighted by molar-refractivity contribution is -0.117. The minimum atomic E-state index is 0.259. The van der Waals surface area contributed by atoms with Gasteiger partial charge in [-0.2, -0.15) is 11.8 Å². The molecule has 3 saturated heterocycles. The van der Waals surface area contributed by atoms with E-state index in [1.165, 1.54) is 30.9 Å². The van der Waals surface area contributed by atoms with E-state index in [2.05, 4.69) is 28.9 Å². The number of hydrogen-bond donors (Lipinski definition) is 0. The molecule has 2 atom stereocenters. The third-order valence-electron chi connectivity index (χ3n) is 6.56. The van der Waals surface area contributed by atoms with E-state index in [0.29, 0.717) is 12.5 Å². The normalized spacial score (nSPS) is 26.4. The molecule has 0 aromatic heterocycles. The number of likely N-dealkylation sites (tertiary alicyclic amines) is 1. The summed E-state index contributed by atoms with van der Waals surface area (Å²) in [6, 6.07) is 9.19. The first-order valence-electron chi connectivity index (χ1n) is 11.3. The summed E-state index contributed by atoms with van der Waals surface area (Å²) in [7, 11) is 0. The van der Waals surface area contributed by atoms with Crippen molar-refractivity contribution in [2.75, 3.05) is 55.7 Å². The fraction of sp³-hybridized carbons (Fsp3) is 0.696. The van der Waals surface area contributed by atoms with E-state index < -0.39 is 0 Å². The number of nitrogens with zero attached hydrogens (tertiary/aromatic N) is 3. The highest BCUT2D eigenvalue weighted by atomic mass is 32.2. The number of amides is 1. The molecule has 2 unspecified atom stereocenters. The second-order valence-corrected chi connectivity index (χ2v) is 9.82. The van der Waals surface area contributed by atoms with E-state index in [1.54, 1.807) is 0 Å². The Labute approximate surface area is 179 Å². The molecule has 3 aliphatic rings. The van der Waals surface area contributed by atoms with Crippen molar-refractivity contribution in [2.45, 2.75) is 51.1 Å². The molecule has 1 aromatic carbocycles. The average molecular weight is 418 g/mol. The third-order valence-corrected chi connectivity index (χ3v) is 7.50. The van der Waals surface area contributed by atoms with Crippen molar-refractivity contribution in [1.29, 1.82) is 0 Å². The zero-order chi connectivity index (χ0) is 20.1. The lowest BCUT2D eigenvalue weighted by Crippen LogP contribution is -2.44. The van der Waals surface area contributed by atoms with Gasteiger partial charge in [-0.25, -0.2) is 0 Å². The van der Waals surface area contributed by atoms with Gasteiger partial charge in [0.25, 0.3) is 0 Å². The summed E-state index contributed by atoms with van der Waals surface area (Å²) in [5, 5.41) is 0. The van der Waals surface area contributed by atoms with Gasteiger partial charge >= 0.3 is 0 Å². The van der Waals surface area contributed by atoms with Crippen molar-refractivity contribution in [3.8, 4) is 5.75 Å². The molecule has 0 radical (unpaired) electrons. The van der Waals surface area contributed by atoms with Gasteiger partial charge < -0.3 is 14.5 Å². The van der Waals surface area contributed by atoms with Gasteiger partial charge in [-0.3, -0.25) is 9.69 Å². The largest absolute Gasteiger partial charge is 0.494 e. The Morgan fingerprint density at radius 3 is 2.62 bits per heavy atom. The fourth-order valence-corrected chi connectivity index (χ4v) is 5.82. The van der Waals surface area contributed by atoms with Crippen molar-refractivity contribution in [3.05, 3.63) is 24.3 Å². The van der Waals surface area contributed by atoms with Crippen molar-refractivity contribution in [3.63, 3.8) is 0 Å². The highest BCUT2D eigenvalue weighted by molar-refractivity contribution is 7.99. The van der Waals surface area contributed by atoms with Crippen LogP contribution in [0.2, 0.25) is 0 Å². The Balaban J connectivity index is 1.27. The van der Waals surface area contributed by atoms with Crippen LogP contribution in [0.1, 0.15) is 39.0 Å². The summed E-state index contributed by atoms with van der Waals surface area (Å²) >= 11 is 2.03. The van der Waals surface area contributed by atoms with E-state index in [1.807, 2.05) is 28.8 Å². The first kappa shape index (κ1) is 21.0. The van der Waals surface area contributed by atoms with Crippen molar-refractivity contribution in [1.82, 2.24) is 9.80 Å². The van der Waals surface area contributed by atoms with Crippen molar-refractivity contribution < 1.29 is 9.53 Å². The van der Waals surface area contributed by atoms with Gasteiger partial charge in [-0.15, -0.1) is 0 Å². The molecule has 1 aromatic rings. The van der Waals surface area contributed by atoms with Crippen LogP contribution in [0.25, 0.3) is 0 Å². The highest BCUT2D eigenvalue weighted by Gasteiger charge is 2.33. The standard InChI is InChI=1S/C23H35N3O2S/c1-19-4-2-11-25(19)12-3-15-28-22-8-5-20(6-9-22)26-21(7-10-23(26)27)18-24-13-16-29-17-14-24/h5-6,8-9,19,21H,2-4,7,10-18H2,1H3. The average Bonchev–Trinajstić information content (AvgIpc) is 3.32. The van der Waals surface area contributed by atoms with Crippen LogP contribution in [-0.2, 0) is 4.79 Å². The summed E-state index contributed by atoms with van der Waals surface area (Å²) in [6.45, 7) is 8.72. The molecule has 0 N–H and O–H groups in total. The molecule has 29 heavy (non-hydrogen) atoms. The molecule has 3 heterocycles. The molecular weight excluding hydrogens is 382 g/mol. The SMILES string of the molecule is CC1CCCN1CCCOc1ccc(N2C(=O)CCC2CN2CCSCC2)cc1. The topological polar surface area (TPSA) is 36.0 Å². The van der Waals surface area contributed by atoms with Gasteiger partial charge in [0.2, 0.25) is 5.91 Å². The number of carbonyl (C=O) groups is 1. The van der Waals surface area contributed by atoms with Crippen LogP contribution >= 0.6 is 11.8 Å². The Morgan fingerprint density at radius 2 is 1.90 bits per heavy atom. The predicted molar refractivity (Wildman–Crippen MR) is 121 cm³/mol. The number of ether oxygens (including phenoxy) is 1. The smallest absolute Gasteiger partial charge is 0.227 e. The molecule has 4 rings (SSSR count). The number of hydrogen-bond acceptors (Lipinski definition) is 5. The summed E-state index contributed by atoms with van der Waals surface area (Å²) in [5.41, 5.74) is 1.02. The van der Waals surface area contributed by atoms with Crippen LogP contribution in [-0.4, -0.2) is 78.6 Å². The lowest BCUT2D eigenvalue weighted by atomic mass is 10.2. The number of thioether (sulfide) groups is 1. The van der Waals surface area contributed by atoms with Gasteiger partial charge in [0.1, 0.15) is 5.75 Å². The molecular formula is C23H35N3O2S. The number of benzene rings is 1. The van der Waals surface area contributed by atoms with Crippen LogP contribution in [0.5, 0.6) is 5.75 Å². The van der Waals surface area contributed by atoms with Gasteiger partial charge in [0, 0.05) is 55.8 Å². The summed E-state index contributed by atoms with van der Waals surface area (Å²) in [4.78, 5) is 19.7. The molecule has 3 fully saturated rings. The molecule has 3 aliphatic heterocycles. The maximum atomic E-state index is 12.5. The molecule has 0 aliphatic carbocycles. The van der Waals surface area contributed by atoms with Crippen molar-refractivity contribution >= 4 is 23.4 Å². The minimum absolute atomic E-state index is 0.259. The molecule has 0 saturated carbocycles. The van der Waals surface area contributed by atoms with E-state index in [0.717, 1.165) is 63.1 Å². The summed E-state index contributed by atoms with van der Waals surface area (Å²) < 4.78 is 5.95. The predicted octanol–water partition coefficient (Wildman–Crippen LogP) is 3.48. The second-order valence-electron chi connectivity index (χ2n) is 8.59.